The highest BCUT2D eigenvalue weighted by molar-refractivity contribution is 5.63. The molecular formula is C9H10F3N3O2. The first kappa shape index (κ1) is 13.2. The van der Waals surface area contributed by atoms with Gasteiger partial charge in [0.2, 0.25) is 0 Å². The molecule has 0 saturated heterocycles. The average Bonchev–Trinajstić information content (AvgIpc) is 2.25. The highest BCUT2D eigenvalue weighted by Crippen LogP contribution is 2.35. The third-order valence-corrected chi connectivity index (χ3v) is 2.20. The smallest absolute Gasteiger partial charge is 0.306 e. The Morgan fingerprint density at radius 3 is 2.41 bits per heavy atom. The maximum absolute atomic E-state index is 12.4. The van der Waals surface area contributed by atoms with E-state index >= 15 is 0 Å². The SMILES string of the molecule is CNN(C)c1ccc(C(F)(F)F)cc1[N+](=O)[O-]. The van der Waals surface area contributed by atoms with Crippen molar-refractivity contribution in [1.29, 1.82) is 0 Å². The summed E-state index contributed by atoms with van der Waals surface area (Å²) in [7, 11) is 2.97. The molecule has 94 valence electrons. The molecule has 0 fully saturated rings. The number of nitrogens with zero attached hydrogens (tertiary/aromatic N) is 2. The Balaban J connectivity index is 3.32. The van der Waals surface area contributed by atoms with Gasteiger partial charge in [0.05, 0.1) is 10.5 Å². The van der Waals surface area contributed by atoms with Gasteiger partial charge in [0, 0.05) is 20.2 Å². The molecule has 0 radical (unpaired) electrons. The Hall–Kier alpha value is -1.83. The van der Waals surface area contributed by atoms with Gasteiger partial charge in [0.25, 0.3) is 5.69 Å². The molecule has 0 aliphatic rings. The normalized spacial score (nSPS) is 11.4. The number of benzene rings is 1. The van der Waals surface area contributed by atoms with Crippen molar-refractivity contribution < 1.29 is 18.1 Å². The van der Waals surface area contributed by atoms with Crippen molar-refractivity contribution in [3.8, 4) is 0 Å². The Kier molecular flexibility index (Phi) is 3.56. The van der Waals surface area contributed by atoms with E-state index in [0.717, 1.165) is 12.1 Å². The number of hydrazine groups is 1. The van der Waals surface area contributed by atoms with E-state index in [-0.39, 0.29) is 5.69 Å². The number of hydrogen-bond acceptors (Lipinski definition) is 4. The Morgan fingerprint density at radius 2 is 2.00 bits per heavy atom. The lowest BCUT2D eigenvalue weighted by molar-refractivity contribution is -0.384. The van der Waals surface area contributed by atoms with E-state index in [1.807, 2.05) is 0 Å². The van der Waals surface area contributed by atoms with Gasteiger partial charge in [-0.3, -0.25) is 10.1 Å². The highest BCUT2D eigenvalue weighted by atomic mass is 19.4. The second kappa shape index (κ2) is 4.58. The fourth-order valence-electron chi connectivity index (χ4n) is 1.25. The second-order valence-electron chi connectivity index (χ2n) is 3.24. The zero-order valence-electron chi connectivity index (χ0n) is 9.08. The summed E-state index contributed by atoms with van der Waals surface area (Å²) >= 11 is 0. The largest absolute Gasteiger partial charge is 0.416 e. The number of nitrogens with one attached hydrogen (secondary N) is 1. The molecule has 0 aliphatic carbocycles. The van der Waals surface area contributed by atoms with Gasteiger partial charge >= 0.3 is 6.18 Å². The molecule has 1 rings (SSSR count). The van der Waals surface area contributed by atoms with E-state index in [2.05, 4.69) is 5.43 Å². The highest BCUT2D eigenvalue weighted by Gasteiger charge is 2.33. The molecule has 0 bridgehead atoms. The monoisotopic (exact) mass is 249 g/mol. The van der Waals surface area contributed by atoms with E-state index in [0.29, 0.717) is 6.07 Å². The standard InChI is InChI=1S/C9H10F3N3O2/c1-13-14(2)7-4-3-6(9(10,11)12)5-8(7)15(16)17/h3-5,13H,1-2H3. The summed E-state index contributed by atoms with van der Waals surface area (Å²) in [6, 6.07) is 2.37. The van der Waals surface area contributed by atoms with Crippen molar-refractivity contribution in [3.05, 3.63) is 33.9 Å². The van der Waals surface area contributed by atoms with Crippen LogP contribution in [0.5, 0.6) is 0 Å². The van der Waals surface area contributed by atoms with Crippen LogP contribution in [0, 0.1) is 10.1 Å². The fourth-order valence-corrected chi connectivity index (χ4v) is 1.25. The van der Waals surface area contributed by atoms with Crippen LogP contribution in [0.1, 0.15) is 5.56 Å². The number of nitro groups is 1. The van der Waals surface area contributed by atoms with Gasteiger partial charge in [-0.05, 0) is 12.1 Å². The molecule has 0 unspecified atom stereocenters. The minimum absolute atomic E-state index is 0.0606. The molecule has 17 heavy (non-hydrogen) atoms. The van der Waals surface area contributed by atoms with Crippen LogP contribution in [0.2, 0.25) is 0 Å². The summed E-state index contributed by atoms with van der Waals surface area (Å²) in [5.74, 6) is 0. The minimum Gasteiger partial charge on any atom is -0.306 e. The van der Waals surface area contributed by atoms with Crippen molar-refractivity contribution >= 4 is 11.4 Å². The number of hydrogen-bond donors (Lipinski definition) is 1. The Bertz CT molecular complexity index is 434. The van der Waals surface area contributed by atoms with Gasteiger partial charge in [0.15, 0.2) is 0 Å². The van der Waals surface area contributed by atoms with Crippen LogP contribution in [0.4, 0.5) is 24.5 Å². The summed E-state index contributed by atoms with van der Waals surface area (Å²) in [5, 5.41) is 12.0. The molecule has 0 atom stereocenters. The summed E-state index contributed by atoms with van der Waals surface area (Å²) in [4.78, 5) is 9.86. The lowest BCUT2D eigenvalue weighted by Crippen LogP contribution is -2.31. The van der Waals surface area contributed by atoms with Crippen molar-refractivity contribution in [2.75, 3.05) is 19.1 Å². The van der Waals surface area contributed by atoms with Gasteiger partial charge in [0.1, 0.15) is 5.69 Å². The molecule has 0 aromatic heterocycles. The van der Waals surface area contributed by atoms with E-state index < -0.39 is 22.4 Å². The van der Waals surface area contributed by atoms with Gasteiger partial charge < -0.3 is 5.01 Å². The molecule has 0 spiro atoms. The molecular weight excluding hydrogens is 239 g/mol. The van der Waals surface area contributed by atoms with Crippen molar-refractivity contribution in [2.24, 2.45) is 0 Å². The van der Waals surface area contributed by atoms with Crippen LogP contribution < -0.4 is 10.4 Å². The number of alkyl halides is 3. The summed E-state index contributed by atoms with van der Waals surface area (Å²) < 4.78 is 37.2. The van der Waals surface area contributed by atoms with E-state index in [1.165, 1.54) is 19.1 Å². The molecule has 1 aromatic carbocycles. The summed E-state index contributed by atoms with van der Waals surface area (Å²) in [6.45, 7) is 0. The maximum Gasteiger partial charge on any atom is 0.416 e. The molecule has 0 heterocycles. The predicted molar refractivity (Wildman–Crippen MR) is 55.6 cm³/mol. The van der Waals surface area contributed by atoms with Crippen molar-refractivity contribution in [1.82, 2.24) is 5.43 Å². The third kappa shape index (κ3) is 2.84. The van der Waals surface area contributed by atoms with Crippen LogP contribution in [-0.4, -0.2) is 19.0 Å². The lowest BCUT2D eigenvalue weighted by atomic mass is 10.1. The predicted octanol–water partition coefficient (Wildman–Crippen LogP) is 2.18. The molecule has 0 saturated carbocycles. The average molecular weight is 249 g/mol. The number of rotatable bonds is 3. The van der Waals surface area contributed by atoms with Crippen LogP contribution in [0.3, 0.4) is 0 Å². The molecule has 1 aromatic rings. The van der Waals surface area contributed by atoms with Gasteiger partial charge in [-0.2, -0.15) is 13.2 Å². The fraction of sp³-hybridized carbons (Fsp3) is 0.333. The Labute approximate surface area is 95.0 Å². The van der Waals surface area contributed by atoms with Crippen LogP contribution in [0.25, 0.3) is 0 Å². The second-order valence-corrected chi connectivity index (χ2v) is 3.24. The van der Waals surface area contributed by atoms with Crippen LogP contribution in [-0.2, 0) is 6.18 Å². The molecule has 0 aliphatic heterocycles. The Morgan fingerprint density at radius 1 is 1.41 bits per heavy atom. The van der Waals surface area contributed by atoms with Gasteiger partial charge in [-0.15, -0.1) is 0 Å². The number of anilines is 1. The first-order valence-corrected chi connectivity index (χ1v) is 4.54. The maximum atomic E-state index is 12.4. The molecule has 8 heteroatoms. The van der Waals surface area contributed by atoms with Gasteiger partial charge in [-0.1, -0.05) is 0 Å². The summed E-state index contributed by atoms with van der Waals surface area (Å²) in [5.41, 5.74) is 0.999. The third-order valence-electron chi connectivity index (χ3n) is 2.20. The van der Waals surface area contributed by atoms with E-state index in [1.54, 1.807) is 0 Å². The van der Waals surface area contributed by atoms with Crippen molar-refractivity contribution in [2.45, 2.75) is 6.18 Å². The quantitative estimate of drug-likeness (QED) is 0.659. The molecule has 1 N–H and O–H groups in total. The first-order valence-electron chi connectivity index (χ1n) is 4.54. The van der Waals surface area contributed by atoms with Crippen LogP contribution in [0.15, 0.2) is 18.2 Å². The lowest BCUT2D eigenvalue weighted by Gasteiger charge is -2.18. The van der Waals surface area contributed by atoms with Crippen LogP contribution >= 0.6 is 0 Å². The van der Waals surface area contributed by atoms with E-state index in [4.69, 9.17) is 0 Å². The first-order chi connectivity index (χ1) is 7.77. The number of halogens is 3. The molecule has 5 nitrogen and oxygen atoms in total. The molecule has 0 amide bonds. The van der Waals surface area contributed by atoms with Crippen molar-refractivity contribution in [3.63, 3.8) is 0 Å². The van der Waals surface area contributed by atoms with E-state index in [9.17, 15) is 23.3 Å². The zero-order chi connectivity index (χ0) is 13.2. The minimum atomic E-state index is -4.60. The number of nitro benzene ring substituents is 1. The van der Waals surface area contributed by atoms with Gasteiger partial charge in [-0.25, -0.2) is 5.43 Å². The zero-order valence-corrected chi connectivity index (χ0v) is 9.08. The summed E-state index contributed by atoms with van der Waals surface area (Å²) in [6.07, 6.45) is -4.60. The topological polar surface area (TPSA) is 58.4 Å².